The summed E-state index contributed by atoms with van der Waals surface area (Å²) in [6.07, 6.45) is -1.07. The van der Waals surface area contributed by atoms with Crippen LogP contribution >= 0.6 is 21.6 Å². The van der Waals surface area contributed by atoms with Crippen LogP contribution in [0.4, 0.5) is 0 Å². The lowest BCUT2D eigenvalue weighted by Gasteiger charge is -2.39. The lowest BCUT2D eigenvalue weighted by Crippen LogP contribution is -2.63. The van der Waals surface area contributed by atoms with Gasteiger partial charge in [-0.3, -0.25) is 76.7 Å². The number of aliphatic hydroxyl groups is 1. The number of aryl methyl sites for hydroxylation is 1. The first-order chi connectivity index (χ1) is 62.2. The quantitative estimate of drug-likeness (QED) is 0.0161. The van der Waals surface area contributed by atoms with Gasteiger partial charge < -0.3 is 95.3 Å². The number of aliphatic hydroxyl groups excluding tert-OH is 1. The van der Waals surface area contributed by atoms with Crippen molar-refractivity contribution in [3.05, 3.63) is 113 Å². The largest absolute Gasteiger partial charge is 0.492 e. The number of rotatable bonds is 49. The second kappa shape index (κ2) is 53.1. The van der Waals surface area contributed by atoms with E-state index in [9.17, 15) is 53.1 Å². The summed E-state index contributed by atoms with van der Waals surface area (Å²) in [7, 11) is 2.00. The maximum Gasteiger partial charge on any atom is 0.245 e. The van der Waals surface area contributed by atoms with Gasteiger partial charge in [-0.2, -0.15) is 0 Å². The number of Topliss-reactive ketones (excluding diaryl/α,β-unsaturated/α-hetero) is 5. The molecule has 0 unspecified atom stereocenters. The second-order valence-corrected chi connectivity index (χ2v) is 40.0. The van der Waals surface area contributed by atoms with E-state index in [-0.39, 0.29) is 133 Å². The zero-order valence-electron chi connectivity index (χ0n) is 78.7. The molecule has 1 aromatic heterocycles. The Labute approximate surface area is 781 Å². The van der Waals surface area contributed by atoms with Crippen molar-refractivity contribution in [1.82, 2.24) is 63.5 Å². The lowest BCUT2D eigenvalue weighted by atomic mass is 9.77. The summed E-state index contributed by atoms with van der Waals surface area (Å²) in [5.74, 6) is -14.8. The molecule has 0 spiro atoms. The first-order valence-corrected chi connectivity index (χ1v) is 47.7. The van der Waals surface area contributed by atoms with Crippen molar-refractivity contribution in [1.29, 1.82) is 0 Å². The molecule has 2 heterocycles. The van der Waals surface area contributed by atoms with Crippen LogP contribution in [0.25, 0.3) is 21.7 Å². The van der Waals surface area contributed by atoms with Gasteiger partial charge in [0.15, 0.2) is 23.1 Å². The van der Waals surface area contributed by atoms with Gasteiger partial charge in [-0.05, 0) is 184 Å². The number of hydrogen-bond acceptors (Lipinski definition) is 23. The number of fused-ring (bicyclic) bond motifs is 2. The van der Waals surface area contributed by atoms with E-state index in [4.69, 9.17) is 21.9 Å². The SMILES string of the molecule is CC(=O)CCCCC[C@@H]1NC(=O)[C@H](Cc2c[nH]c3c(C)cccc23)NC(=O)[C@H]([C@@H](C)O)NC(=O)[C@H](CCNC(C)=O)NC(=O)[C@@H](NC(C)=O)C(C)(C)SSC(C)(C)[C@@H](C(=O)C[C@@H](Cc2ccc(OCCN)cc2)C(=O)N[C@@H](Cc2ccc3ccccc3c2)C(=O)C[C@@](C)(CCCCN)C(=O)N[C@@H](CCCCNC(C)=O)C(=O)C[C@@H](CC(N)=O)C(=O)N[C@H](CC(C)C)C(C)=O)NC1=O. The number of ketones is 5. The molecule has 1 aliphatic heterocycles. The molecule has 1 aliphatic rings. The van der Waals surface area contributed by atoms with Crippen molar-refractivity contribution in [2.75, 3.05) is 32.8 Å². The van der Waals surface area contributed by atoms with Crippen molar-refractivity contribution in [2.24, 2.45) is 40.4 Å². The summed E-state index contributed by atoms with van der Waals surface area (Å²) in [6, 6.07) is 11.4. The minimum absolute atomic E-state index is 0.00654. The van der Waals surface area contributed by atoms with E-state index in [1.807, 2.05) is 63.2 Å². The Kier molecular flexibility index (Phi) is 44.1. The van der Waals surface area contributed by atoms with Crippen LogP contribution in [0.1, 0.15) is 221 Å². The monoisotopic (exact) mass is 1870 g/mol. The first kappa shape index (κ1) is 110. The number of H-pyrrole nitrogens is 1. The van der Waals surface area contributed by atoms with Gasteiger partial charge >= 0.3 is 0 Å². The van der Waals surface area contributed by atoms with Crippen molar-refractivity contribution in [3.8, 4) is 5.75 Å². The third-order valence-electron chi connectivity index (χ3n) is 23.4. The molecule has 1 fully saturated rings. The lowest BCUT2D eigenvalue weighted by molar-refractivity contribution is -0.140. The number of carbonyl (C=O) groups is 17. The molecule has 6 rings (SSSR count). The zero-order valence-corrected chi connectivity index (χ0v) is 80.3. The maximum absolute atomic E-state index is 16.6. The molecular formula is C96H139N15O19S2. The fourth-order valence-electron chi connectivity index (χ4n) is 15.9. The molecular weight excluding hydrogens is 1730 g/mol. The molecule has 0 aliphatic carbocycles. The summed E-state index contributed by atoms with van der Waals surface area (Å²) in [4.78, 5) is 249. The number of nitrogens with two attached hydrogens (primary N) is 3. The number of hydrogen-bond donors (Lipinski definition) is 16. The van der Waals surface area contributed by atoms with E-state index >= 15 is 33.6 Å². The van der Waals surface area contributed by atoms with Gasteiger partial charge in [-0.15, -0.1) is 0 Å². The molecule has 1 saturated heterocycles. The van der Waals surface area contributed by atoms with Crippen LogP contribution in [0, 0.1) is 30.1 Å². The van der Waals surface area contributed by atoms with Crippen LogP contribution in [-0.4, -0.2) is 213 Å². The summed E-state index contributed by atoms with van der Waals surface area (Å²) in [5.41, 5.74) is 19.0. The van der Waals surface area contributed by atoms with Gasteiger partial charge in [0, 0.05) is 111 Å². The number of para-hydroxylation sites is 1. The van der Waals surface area contributed by atoms with E-state index < -0.39 is 195 Å². The number of amides is 12. The molecule has 34 nitrogen and oxygen atoms in total. The van der Waals surface area contributed by atoms with Crippen molar-refractivity contribution >= 4 is 143 Å². The number of unbranched alkanes of at least 4 members (excludes halogenated alkanes) is 4. The van der Waals surface area contributed by atoms with E-state index in [2.05, 4.69) is 63.5 Å². The maximum atomic E-state index is 16.6. The van der Waals surface area contributed by atoms with Crippen LogP contribution in [0.5, 0.6) is 5.75 Å². The second-order valence-electron chi connectivity index (χ2n) is 36.5. The Morgan fingerprint density at radius 3 is 1.83 bits per heavy atom. The third kappa shape index (κ3) is 35.5. The highest BCUT2D eigenvalue weighted by atomic mass is 33.1. The van der Waals surface area contributed by atoms with Crippen LogP contribution in [-0.2, 0) is 101 Å². The fraction of sp³-hybridized carbons (Fsp3) is 0.573. The van der Waals surface area contributed by atoms with E-state index in [1.54, 1.807) is 83.3 Å². The highest BCUT2D eigenvalue weighted by Gasteiger charge is 2.47. The van der Waals surface area contributed by atoms with Crippen LogP contribution < -0.4 is 80.4 Å². The van der Waals surface area contributed by atoms with Gasteiger partial charge in [0.05, 0.1) is 35.6 Å². The van der Waals surface area contributed by atoms with Crippen LogP contribution in [0.3, 0.4) is 0 Å². The number of nitrogens with one attached hydrogen (secondary N) is 12. The van der Waals surface area contributed by atoms with Gasteiger partial charge in [0.1, 0.15) is 54.4 Å². The highest BCUT2D eigenvalue weighted by molar-refractivity contribution is 8.77. The van der Waals surface area contributed by atoms with Crippen LogP contribution in [0.2, 0.25) is 0 Å². The standard InChI is InChI=1S/C96H139N15O19S2/c1-55(2)45-75(58(5)113)106-87(123)68(52-81(99)121)50-78(118)72(30-20-23-42-100-60(7)115)109-93(129)96(14,39-21-22-40-97)53-80(120)76(48-64-32-35-65-27-18-19-28-66(65)47-64)107-86(122)67(46-63-33-36-70(37-34-63)130-44-41-98)51-79(119)84-94(10,11)131-132-95(12,13)85(103-62(9)117)92(128)105-74(38-43-101-61(8)116)88(124)110-83(59(6)114)91(127)108-77(49-69-54-102-82-56(3)25-24-29-71(69)82)90(126)104-73(89(125)111-84)31-17-15-16-26-57(4)112/h18-19,24-25,27-29,32-37,47,54-55,59,67-68,72-77,83-85,102,114H,15-17,20-23,26,30-31,38-46,48-53,97-98H2,1-14H3,(H2,99,121)(H,100,115)(H,101,116)(H,103,117)(H,104,126)(H,105,128)(H,106,123)(H,107,122)(H,108,127)(H,109,129)(H,110,124)(H,111,125)/t59-,67-,68+,72+,73+,74+,75-,76+,77+,83+,84-,85-,96-/m1/s1. The average Bonchev–Trinajstić information content (AvgIpc) is 1.78. The Morgan fingerprint density at radius 1 is 0.576 bits per heavy atom. The van der Waals surface area contributed by atoms with Gasteiger partial charge in [-0.1, -0.05) is 134 Å². The molecule has 5 aromatic rings. The minimum Gasteiger partial charge on any atom is -0.492 e. The summed E-state index contributed by atoms with van der Waals surface area (Å²) in [5, 5.41) is 44.2. The molecule has 132 heavy (non-hydrogen) atoms. The molecule has 724 valence electrons. The van der Waals surface area contributed by atoms with Gasteiger partial charge in [0.2, 0.25) is 70.9 Å². The molecule has 0 saturated carbocycles. The molecule has 0 radical (unpaired) electrons. The summed E-state index contributed by atoms with van der Waals surface area (Å²) in [6.45, 7) is 21.8. The smallest absolute Gasteiger partial charge is 0.245 e. The topological polar surface area (TPSA) is 546 Å². The molecule has 13 atom stereocenters. The number of aromatic nitrogens is 1. The van der Waals surface area contributed by atoms with E-state index in [0.29, 0.717) is 59.0 Å². The Morgan fingerprint density at radius 2 is 1.20 bits per heavy atom. The summed E-state index contributed by atoms with van der Waals surface area (Å²) < 4.78 is 2.82. The Bertz CT molecular complexity index is 4860. The zero-order chi connectivity index (χ0) is 97.9. The Balaban J connectivity index is 1.55. The van der Waals surface area contributed by atoms with Crippen molar-refractivity contribution < 1.29 is 91.4 Å². The van der Waals surface area contributed by atoms with E-state index in [1.165, 1.54) is 34.6 Å². The molecule has 36 heteroatoms. The average molecular weight is 1870 g/mol. The minimum atomic E-state index is -1.84. The number of aromatic amines is 1. The number of ether oxygens (including phenoxy) is 1. The van der Waals surface area contributed by atoms with E-state index in [0.717, 1.165) is 44.8 Å². The molecule has 12 amide bonds. The number of benzene rings is 4. The van der Waals surface area contributed by atoms with Crippen LogP contribution in [0.15, 0.2) is 91.1 Å². The molecule has 19 N–H and O–H groups in total. The molecule has 0 bridgehead atoms. The third-order valence-corrected chi connectivity index (χ3v) is 27.7. The predicted octanol–water partition coefficient (Wildman–Crippen LogP) is 5.84. The Hall–Kier alpha value is -10.9. The van der Waals surface area contributed by atoms with Crippen molar-refractivity contribution in [2.45, 2.75) is 295 Å². The molecule has 4 aromatic carbocycles. The summed E-state index contributed by atoms with van der Waals surface area (Å²) >= 11 is 0. The predicted molar refractivity (Wildman–Crippen MR) is 508 cm³/mol. The number of carbonyl (C=O) groups excluding carboxylic acids is 17. The van der Waals surface area contributed by atoms with Gasteiger partial charge in [-0.25, -0.2) is 0 Å². The first-order valence-electron chi connectivity index (χ1n) is 45.5. The highest BCUT2D eigenvalue weighted by Crippen LogP contribution is 2.47. The van der Waals surface area contributed by atoms with Gasteiger partial charge in [0.25, 0.3) is 0 Å². The fourth-order valence-corrected chi connectivity index (χ4v) is 18.8. The number of primary amides is 1. The van der Waals surface area contributed by atoms with Crippen molar-refractivity contribution in [3.63, 3.8) is 0 Å². The normalized spacial score (nSPS) is 19.3.